The van der Waals surface area contributed by atoms with Crippen molar-refractivity contribution in [1.29, 1.82) is 0 Å². The lowest BCUT2D eigenvalue weighted by Crippen LogP contribution is -1.92. The van der Waals surface area contributed by atoms with E-state index >= 15 is 0 Å². The van der Waals surface area contributed by atoms with E-state index in [0.29, 0.717) is 15.1 Å². The standard InChI is InChI=1S/C12H4ClF3N2S/c13-12-11-7(17-4-18-12)3-8(19-11)5-1-2-6(14)10(16)9(5)15/h1-4H. The fourth-order valence-corrected chi connectivity index (χ4v) is 2.94. The van der Waals surface area contributed by atoms with E-state index in [1.807, 2.05) is 0 Å². The average Bonchev–Trinajstić information content (AvgIpc) is 2.81. The molecule has 0 bridgehead atoms. The van der Waals surface area contributed by atoms with Gasteiger partial charge in [-0.2, -0.15) is 0 Å². The van der Waals surface area contributed by atoms with Crippen LogP contribution < -0.4 is 0 Å². The molecule has 19 heavy (non-hydrogen) atoms. The van der Waals surface area contributed by atoms with Crippen LogP contribution in [0.2, 0.25) is 5.15 Å². The van der Waals surface area contributed by atoms with Crippen LogP contribution in [-0.2, 0) is 0 Å². The van der Waals surface area contributed by atoms with Gasteiger partial charge in [-0.15, -0.1) is 11.3 Å². The van der Waals surface area contributed by atoms with E-state index in [4.69, 9.17) is 11.6 Å². The Morgan fingerprint density at radius 2 is 1.84 bits per heavy atom. The summed E-state index contributed by atoms with van der Waals surface area (Å²) in [7, 11) is 0. The molecular weight excluding hydrogens is 297 g/mol. The molecule has 0 spiro atoms. The number of thiophene rings is 1. The van der Waals surface area contributed by atoms with Gasteiger partial charge in [-0.3, -0.25) is 0 Å². The Morgan fingerprint density at radius 3 is 2.58 bits per heavy atom. The number of nitrogens with zero attached hydrogens (tertiary/aromatic N) is 2. The van der Waals surface area contributed by atoms with Crippen molar-refractivity contribution in [1.82, 2.24) is 9.97 Å². The number of hydrogen-bond acceptors (Lipinski definition) is 3. The van der Waals surface area contributed by atoms with Crippen LogP contribution in [0.25, 0.3) is 20.7 Å². The SMILES string of the molecule is Fc1ccc(-c2cc3ncnc(Cl)c3s2)c(F)c1F. The molecule has 0 N–H and O–H groups in total. The minimum atomic E-state index is -1.49. The van der Waals surface area contributed by atoms with E-state index in [1.165, 1.54) is 12.4 Å². The molecule has 0 saturated heterocycles. The third-order valence-electron chi connectivity index (χ3n) is 2.57. The first-order valence-electron chi connectivity index (χ1n) is 5.12. The zero-order valence-corrected chi connectivity index (χ0v) is 10.7. The second-order valence-corrected chi connectivity index (χ2v) is 5.12. The molecule has 2 aromatic heterocycles. The summed E-state index contributed by atoms with van der Waals surface area (Å²) in [6, 6.07) is 3.62. The number of rotatable bonds is 1. The summed E-state index contributed by atoms with van der Waals surface area (Å²) in [6.07, 6.45) is 1.28. The van der Waals surface area contributed by atoms with E-state index in [2.05, 4.69) is 9.97 Å². The van der Waals surface area contributed by atoms with Gasteiger partial charge in [0, 0.05) is 10.4 Å². The molecule has 0 aliphatic carbocycles. The van der Waals surface area contributed by atoms with Crippen LogP contribution in [0, 0.1) is 17.5 Å². The van der Waals surface area contributed by atoms with E-state index in [0.717, 1.165) is 17.4 Å². The average molecular weight is 301 g/mol. The largest absolute Gasteiger partial charge is 0.235 e. The summed E-state index contributed by atoms with van der Waals surface area (Å²) in [5, 5.41) is 0.240. The molecule has 1 aromatic carbocycles. The number of benzene rings is 1. The summed E-state index contributed by atoms with van der Waals surface area (Å²) >= 11 is 7.01. The smallest absolute Gasteiger partial charge is 0.195 e. The van der Waals surface area contributed by atoms with Gasteiger partial charge in [0.15, 0.2) is 17.5 Å². The molecule has 0 radical (unpaired) electrons. The Hall–Kier alpha value is -1.66. The topological polar surface area (TPSA) is 25.8 Å². The molecule has 0 saturated carbocycles. The number of hydrogen-bond donors (Lipinski definition) is 0. The molecule has 96 valence electrons. The molecule has 0 unspecified atom stereocenters. The summed E-state index contributed by atoms with van der Waals surface area (Å²) in [5.41, 5.74) is 0.502. The van der Waals surface area contributed by atoms with Gasteiger partial charge in [0.1, 0.15) is 11.5 Å². The van der Waals surface area contributed by atoms with Crippen molar-refractivity contribution < 1.29 is 13.2 Å². The third-order valence-corrected chi connectivity index (χ3v) is 4.13. The van der Waals surface area contributed by atoms with Gasteiger partial charge in [0.25, 0.3) is 0 Å². The van der Waals surface area contributed by atoms with Crippen molar-refractivity contribution in [2.45, 2.75) is 0 Å². The Bertz CT molecular complexity index is 788. The lowest BCUT2D eigenvalue weighted by atomic mass is 10.1. The molecule has 0 atom stereocenters. The molecule has 0 fully saturated rings. The third kappa shape index (κ3) is 1.97. The zero-order chi connectivity index (χ0) is 13.6. The second-order valence-electron chi connectivity index (χ2n) is 3.71. The van der Waals surface area contributed by atoms with Gasteiger partial charge < -0.3 is 0 Å². The predicted octanol–water partition coefficient (Wildman–Crippen LogP) is 4.43. The molecule has 3 aromatic rings. The Morgan fingerprint density at radius 1 is 1.05 bits per heavy atom. The Kier molecular flexibility index (Phi) is 2.91. The fraction of sp³-hybridized carbons (Fsp3) is 0. The molecule has 3 rings (SSSR count). The predicted molar refractivity (Wildman–Crippen MR) is 67.7 cm³/mol. The Balaban J connectivity index is 2.25. The fourth-order valence-electron chi connectivity index (χ4n) is 1.67. The minimum absolute atomic E-state index is 0.0297. The first-order valence-corrected chi connectivity index (χ1v) is 6.31. The summed E-state index contributed by atoms with van der Waals surface area (Å²) in [6.45, 7) is 0. The molecule has 0 aliphatic heterocycles. The van der Waals surface area contributed by atoms with Crippen LogP contribution in [0.1, 0.15) is 0 Å². The monoisotopic (exact) mass is 300 g/mol. The van der Waals surface area contributed by atoms with Gasteiger partial charge in [-0.1, -0.05) is 11.6 Å². The van der Waals surface area contributed by atoms with E-state index in [9.17, 15) is 13.2 Å². The molecule has 2 nitrogen and oxygen atoms in total. The molecule has 7 heteroatoms. The highest BCUT2D eigenvalue weighted by molar-refractivity contribution is 7.22. The van der Waals surface area contributed by atoms with E-state index in [1.54, 1.807) is 6.07 Å². The van der Waals surface area contributed by atoms with E-state index < -0.39 is 17.5 Å². The zero-order valence-electron chi connectivity index (χ0n) is 9.12. The Labute approximate surface area is 114 Å². The summed E-state index contributed by atoms with van der Waals surface area (Å²) in [5.74, 6) is -3.94. The van der Waals surface area contributed by atoms with Gasteiger partial charge >= 0.3 is 0 Å². The highest BCUT2D eigenvalue weighted by Crippen LogP contribution is 2.37. The van der Waals surface area contributed by atoms with Crippen LogP contribution in [0.3, 0.4) is 0 Å². The van der Waals surface area contributed by atoms with Crippen LogP contribution in [0.4, 0.5) is 13.2 Å². The van der Waals surface area contributed by atoms with Crippen LogP contribution >= 0.6 is 22.9 Å². The van der Waals surface area contributed by atoms with Crippen LogP contribution in [0.15, 0.2) is 24.5 Å². The molecule has 2 heterocycles. The quantitative estimate of drug-likeness (QED) is 0.491. The van der Waals surface area contributed by atoms with Crippen LogP contribution in [0.5, 0.6) is 0 Å². The highest BCUT2D eigenvalue weighted by Gasteiger charge is 2.17. The maximum Gasteiger partial charge on any atom is 0.195 e. The second kappa shape index (κ2) is 4.47. The van der Waals surface area contributed by atoms with Gasteiger partial charge in [-0.05, 0) is 18.2 Å². The summed E-state index contributed by atoms with van der Waals surface area (Å²) in [4.78, 5) is 8.20. The van der Waals surface area contributed by atoms with Crippen LogP contribution in [-0.4, -0.2) is 9.97 Å². The van der Waals surface area contributed by atoms with Crippen molar-refractivity contribution in [2.75, 3.05) is 0 Å². The van der Waals surface area contributed by atoms with Gasteiger partial charge in [0.05, 0.1) is 10.2 Å². The van der Waals surface area contributed by atoms with Gasteiger partial charge in [0.2, 0.25) is 0 Å². The van der Waals surface area contributed by atoms with Crippen molar-refractivity contribution in [2.24, 2.45) is 0 Å². The normalized spacial score (nSPS) is 11.2. The first kappa shape index (κ1) is 12.4. The first-order chi connectivity index (χ1) is 9.08. The van der Waals surface area contributed by atoms with E-state index in [-0.39, 0.29) is 10.7 Å². The molecule has 0 amide bonds. The van der Waals surface area contributed by atoms with Crippen molar-refractivity contribution >= 4 is 33.2 Å². The number of halogens is 4. The van der Waals surface area contributed by atoms with Crippen molar-refractivity contribution in [3.05, 3.63) is 47.1 Å². The number of fused-ring (bicyclic) bond motifs is 1. The van der Waals surface area contributed by atoms with Gasteiger partial charge in [-0.25, -0.2) is 23.1 Å². The molecule has 0 aliphatic rings. The number of aromatic nitrogens is 2. The molecular formula is C12H4ClF3N2S. The lowest BCUT2D eigenvalue weighted by molar-refractivity contribution is 0.449. The maximum atomic E-state index is 13.7. The lowest BCUT2D eigenvalue weighted by Gasteiger charge is -2.01. The van der Waals surface area contributed by atoms with Crippen molar-refractivity contribution in [3.8, 4) is 10.4 Å². The van der Waals surface area contributed by atoms with Crippen molar-refractivity contribution in [3.63, 3.8) is 0 Å². The maximum absolute atomic E-state index is 13.7. The highest BCUT2D eigenvalue weighted by atomic mass is 35.5. The summed E-state index contributed by atoms with van der Waals surface area (Å²) < 4.78 is 40.4. The minimum Gasteiger partial charge on any atom is -0.235 e.